The predicted molar refractivity (Wildman–Crippen MR) is 296 cm³/mol. The Labute approximate surface area is 404 Å². The topological polar surface area (TPSA) is 6.48 Å². The third-order valence-corrected chi connectivity index (χ3v) is 13.8. The van der Waals surface area contributed by atoms with Gasteiger partial charge in [-0.15, -0.1) is 0 Å². The van der Waals surface area contributed by atoms with E-state index in [0.717, 1.165) is 22.7 Å². The van der Waals surface area contributed by atoms with E-state index in [1.165, 1.54) is 93.8 Å². The molecule has 68 heavy (non-hydrogen) atoms. The molecule has 338 valence electrons. The molecule has 0 unspecified atom stereocenters. The van der Waals surface area contributed by atoms with E-state index >= 15 is 0 Å². The molecule has 10 aromatic rings. The molecule has 0 aliphatic rings. The van der Waals surface area contributed by atoms with E-state index in [-0.39, 0.29) is 16.2 Å². The highest BCUT2D eigenvalue weighted by Crippen LogP contribution is 2.53. The number of nitrogens with zero attached hydrogens (tertiary/aromatic N) is 2. The van der Waals surface area contributed by atoms with Gasteiger partial charge in [0.15, 0.2) is 0 Å². The van der Waals surface area contributed by atoms with Crippen LogP contribution in [0.2, 0.25) is 0 Å². The number of anilines is 6. The summed E-state index contributed by atoms with van der Waals surface area (Å²) in [6, 6.07) is 71.0. The number of hydrogen-bond donors (Lipinski definition) is 0. The summed E-state index contributed by atoms with van der Waals surface area (Å²) in [6.45, 7) is 25.5. The Morgan fingerprint density at radius 3 is 1.12 bits per heavy atom. The zero-order valence-corrected chi connectivity index (χ0v) is 41.8. The van der Waals surface area contributed by atoms with Crippen molar-refractivity contribution in [3.8, 4) is 22.3 Å². The first-order valence-corrected chi connectivity index (χ1v) is 24.3. The lowest BCUT2D eigenvalue weighted by Gasteiger charge is -2.37. The molecule has 0 saturated heterocycles. The minimum atomic E-state index is -0.171. The van der Waals surface area contributed by atoms with Crippen LogP contribution in [0, 0.1) is 13.8 Å². The van der Waals surface area contributed by atoms with E-state index in [2.05, 4.69) is 274 Å². The van der Waals surface area contributed by atoms with Gasteiger partial charge < -0.3 is 9.80 Å². The molecule has 0 fully saturated rings. The normalized spacial score (nSPS) is 12.3. The minimum Gasteiger partial charge on any atom is -0.309 e. The van der Waals surface area contributed by atoms with Gasteiger partial charge in [-0.05, 0) is 139 Å². The molecule has 0 heterocycles. The van der Waals surface area contributed by atoms with Crippen molar-refractivity contribution in [3.63, 3.8) is 0 Å². The minimum absolute atomic E-state index is 0.00896. The maximum absolute atomic E-state index is 2.58. The summed E-state index contributed by atoms with van der Waals surface area (Å²) >= 11 is 0. The molecule has 0 aromatic heterocycles. The quantitative estimate of drug-likeness (QED) is 0.140. The summed E-state index contributed by atoms with van der Waals surface area (Å²) in [7, 11) is 0. The predicted octanol–water partition coefficient (Wildman–Crippen LogP) is 19.4. The zero-order chi connectivity index (χ0) is 47.7. The highest BCUT2D eigenvalue weighted by molar-refractivity contribution is 6.29. The summed E-state index contributed by atoms with van der Waals surface area (Å²) in [5.41, 5.74) is 17.6. The summed E-state index contributed by atoms with van der Waals surface area (Å²) in [5, 5.41) is 7.54. The Kier molecular flexibility index (Phi) is 11.1. The first kappa shape index (κ1) is 44.7. The fourth-order valence-corrected chi connectivity index (χ4v) is 10.4. The lowest BCUT2D eigenvalue weighted by atomic mass is 9.82. The van der Waals surface area contributed by atoms with Crippen LogP contribution < -0.4 is 9.80 Å². The summed E-state index contributed by atoms with van der Waals surface area (Å²) in [6.07, 6.45) is 0. The second-order valence-corrected chi connectivity index (χ2v) is 22.1. The number of rotatable bonds is 8. The van der Waals surface area contributed by atoms with Crippen LogP contribution in [0.4, 0.5) is 34.1 Å². The average molecular weight is 885 g/mol. The summed E-state index contributed by atoms with van der Waals surface area (Å²) in [4.78, 5) is 5.16. The van der Waals surface area contributed by atoms with Gasteiger partial charge in [0, 0.05) is 27.5 Å². The third kappa shape index (κ3) is 8.21. The molecule has 0 spiro atoms. The molecule has 0 aliphatic carbocycles. The molecule has 0 bridgehead atoms. The lowest BCUT2D eigenvalue weighted by Crippen LogP contribution is -2.21. The third-order valence-electron chi connectivity index (χ3n) is 13.8. The number of benzene rings is 10. The first-order valence-electron chi connectivity index (χ1n) is 24.3. The maximum Gasteiger partial charge on any atom is 0.0561 e. The fourth-order valence-electron chi connectivity index (χ4n) is 10.4. The van der Waals surface area contributed by atoms with Crippen molar-refractivity contribution in [1.82, 2.24) is 0 Å². The van der Waals surface area contributed by atoms with Crippen molar-refractivity contribution < 1.29 is 0 Å². The molecule has 10 rings (SSSR count). The molecule has 0 N–H and O–H groups in total. The molecule has 0 atom stereocenters. The Morgan fingerprint density at radius 2 is 0.735 bits per heavy atom. The van der Waals surface area contributed by atoms with Crippen molar-refractivity contribution in [2.45, 2.75) is 92.4 Å². The Bertz CT molecular complexity index is 3250. The van der Waals surface area contributed by atoms with E-state index < -0.39 is 0 Å². The van der Waals surface area contributed by atoms with Gasteiger partial charge >= 0.3 is 0 Å². The van der Waals surface area contributed by atoms with Crippen LogP contribution in [0.15, 0.2) is 188 Å². The Hall–Kier alpha value is -7.16. The highest BCUT2D eigenvalue weighted by Gasteiger charge is 2.31. The lowest BCUT2D eigenvalue weighted by molar-refractivity contribution is 0.591. The van der Waals surface area contributed by atoms with Crippen molar-refractivity contribution in [3.05, 3.63) is 216 Å². The van der Waals surface area contributed by atoms with Crippen molar-refractivity contribution in [2.75, 3.05) is 9.80 Å². The van der Waals surface area contributed by atoms with Gasteiger partial charge in [0.25, 0.3) is 0 Å². The van der Waals surface area contributed by atoms with E-state index in [0.29, 0.717) is 0 Å². The van der Waals surface area contributed by atoms with Gasteiger partial charge in [0.05, 0.1) is 22.7 Å². The van der Waals surface area contributed by atoms with Gasteiger partial charge in [0.2, 0.25) is 0 Å². The monoisotopic (exact) mass is 885 g/mol. The molecular formula is C66H64N2. The molecule has 0 aliphatic heterocycles. The van der Waals surface area contributed by atoms with Gasteiger partial charge in [-0.2, -0.15) is 0 Å². The maximum atomic E-state index is 2.58. The second-order valence-electron chi connectivity index (χ2n) is 22.1. The smallest absolute Gasteiger partial charge is 0.0561 e. The van der Waals surface area contributed by atoms with E-state index in [4.69, 9.17) is 0 Å². The molecule has 2 nitrogen and oxygen atoms in total. The van der Waals surface area contributed by atoms with E-state index in [1.807, 2.05) is 0 Å². The first-order chi connectivity index (χ1) is 32.4. The van der Waals surface area contributed by atoms with Crippen LogP contribution in [-0.4, -0.2) is 0 Å². The summed E-state index contributed by atoms with van der Waals surface area (Å²) < 4.78 is 0. The zero-order valence-electron chi connectivity index (χ0n) is 41.8. The van der Waals surface area contributed by atoms with Gasteiger partial charge in [-0.1, -0.05) is 208 Å². The number of aryl methyl sites for hydroxylation is 2. The van der Waals surface area contributed by atoms with Crippen LogP contribution in [0.3, 0.4) is 0 Å². The standard InChI is InChI=1S/C66H64N2/c1-43-20-18-26-52(36-43)67(60-40-47(45-22-14-12-15-23-45)30-34-56(60)65(6,7)8)58-42-59(55-33-29-50-39-51(64(3,4)5)38-49-28-32-54(58)63(55)62(49)50)68(53-27-19-21-44(2)37-53)61-41-48(46-24-16-13-17-25-46)31-35-57(61)66(9,10)11/h12-42H,1-11H3. The molecular weight excluding hydrogens is 821 g/mol. The molecule has 10 aromatic carbocycles. The largest absolute Gasteiger partial charge is 0.309 e. The molecule has 0 saturated carbocycles. The summed E-state index contributed by atoms with van der Waals surface area (Å²) in [5.74, 6) is 0. The van der Waals surface area contributed by atoms with Crippen LogP contribution in [0.25, 0.3) is 54.6 Å². The SMILES string of the molecule is Cc1cccc(N(c2cc(-c3ccccc3)ccc2C(C)(C)C)c2cc(N(c3cccc(C)c3)c3cc(-c4ccccc4)ccc3C(C)(C)C)c3ccc4cc(C(C)(C)C)cc5ccc2c3c54)c1. The van der Waals surface area contributed by atoms with Crippen molar-refractivity contribution in [1.29, 1.82) is 0 Å². The van der Waals surface area contributed by atoms with Crippen LogP contribution >= 0.6 is 0 Å². The average Bonchev–Trinajstić information content (AvgIpc) is 3.31. The van der Waals surface area contributed by atoms with Crippen molar-refractivity contribution in [2.24, 2.45) is 0 Å². The van der Waals surface area contributed by atoms with Crippen LogP contribution in [0.5, 0.6) is 0 Å². The highest BCUT2D eigenvalue weighted by atomic mass is 15.2. The molecule has 0 radical (unpaired) electrons. The van der Waals surface area contributed by atoms with Crippen LogP contribution in [0.1, 0.15) is 90.1 Å². The van der Waals surface area contributed by atoms with Crippen LogP contribution in [-0.2, 0) is 16.2 Å². The van der Waals surface area contributed by atoms with Crippen molar-refractivity contribution >= 4 is 66.4 Å². The van der Waals surface area contributed by atoms with Gasteiger partial charge in [-0.3, -0.25) is 0 Å². The van der Waals surface area contributed by atoms with Gasteiger partial charge in [-0.25, -0.2) is 0 Å². The fraction of sp³-hybridized carbons (Fsp3) is 0.212. The van der Waals surface area contributed by atoms with E-state index in [1.54, 1.807) is 0 Å². The Balaban J connectivity index is 1.40. The van der Waals surface area contributed by atoms with Gasteiger partial charge in [0.1, 0.15) is 0 Å². The van der Waals surface area contributed by atoms with E-state index in [9.17, 15) is 0 Å². The Morgan fingerprint density at radius 1 is 0.309 bits per heavy atom. The molecule has 0 amide bonds. The second kappa shape index (κ2) is 16.9. The number of hydrogen-bond acceptors (Lipinski definition) is 2. The molecule has 2 heteroatoms.